The van der Waals surface area contributed by atoms with Crippen LogP contribution >= 0.6 is 0 Å². The molecule has 0 fully saturated rings. The number of nitrogens with one attached hydrogen (secondary N) is 1. The Morgan fingerprint density at radius 2 is 2.05 bits per heavy atom. The average molecular weight is 260 g/mol. The number of nitrogens with zero attached hydrogens (tertiary/aromatic N) is 1. The Balaban J connectivity index is 2.11. The van der Waals surface area contributed by atoms with Crippen LogP contribution in [0.15, 0.2) is 30.5 Å². The molecular formula is C15H20N2O2. The molecule has 0 spiro atoms. The molecule has 0 aliphatic rings. The highest BCUT2D eigenvalue weighted by atomic mass is 16.4. The number of H-pyrrole nitrogens is 1. The second-order valence-corrected chi connectivity index (χ2v) is 5.72. The number of aromatic nitrogens is 1. The summed E-state index contributed by atoms with van der Waals surface area (Å²) < 4.78 is 0. The number of rotatable bonds is 5. The van der Waals surface area contributed by atoms with Crippen LogP contribution in [0.1, 0.15) is 19.4 Å². The third kappa shape index (κ3) is 2.96. The van der Waals surface area contributed by atoms with Crippen molar-refractivity contribution in [2.45, 2.75) is 20.4 Å². The maximum Gasteiger partial charge on any atom is 0.310 e. The molecule has 1 heterocycles. The minimum absolute atomic E-state index is 0.516. The van der Waals surface area contributed by atoms with Gasteiger partial charge in [-0.15, -0.1) is 0 Å². The van der Waals surface area contributed by atoms with Crippen LogP contribution in [0.4, 0.5) is 0 Å². The first-order chi connectivity index (χ1) is 8.90. The van der Waals surface area contributed by atoms with Crippen LogP contribution in [-0.2, 0) is 11.3 Å². The molecule has 0 saturated carbocycles. The van der Waals surface area contributed by atoms with E-state index in [1.165, 1.54) is 10.9 Å². The number of fused-ring (bicyclic) bond motifs is 1. The maximum absolute atomic E-state index is 11.1. The molecule has 0 amide bonds. The van der Waals surface area contributed by atoms with Gasteiger partial charge in [-0.2, -0.15) is 0 Å². The molecule has 0 radical (unpaired) electrons. The molecule has 0 bridgehead atoms. The largest absolute Gasteiger partial charge is 0.481 e. The van der Waals surface area contributed by atoms with Gasteiger partial charge in [-0.3, -0.25) is 4.79 Å². The summed E-state index contributed by atoms with van der Waals surface area (Å²) in [6.45, 7) is 4.75. The van der Waals surface area contributed by atoms with E-state index in [4.69, 9.17) is 5.11 Å². The predicted molar refractivity (Wildman–Crippen MR) is 76.0 cm³/mol. The summed E-state index contributed by atoms with van der Waals surface area (Å²) >= 11 is 0. The lowest BCUT2D eigenvalue weighted by atomic mass is 9.93. The number of carboxylic acids is 1. The van der Waals surface area contributed by atoms with Crippen LogP contribution < -0.4 is 0 Å². The predicted octanol–water partition coefficient (Wildman–Crippen LogP) is 2.71. The van der Waals surface area contributed by atoms with E-state index in [0.29, 0.717) is 6.54 Å². The molecule has 2 rings (SSSR count). The third-order valence-corrected chi connectivity index (χ3v) is 3.36. The van der Waals surface area contributed by atoms with E-state index in [2.05, 4.69) is 11.1 Å². The van der Waals surface area contributed by atoms with Crippen molar-refractivity contribution in [3.05, 3.63) is 36.0 Å². The standard InChI is InChI=1S/C15H20N2O2/c1-15(2,14(18)19)10-17(3)9-11-8-16-13-7-5-4-6-12(11)13/h4-8,16H,9-10H2,1-3H3,(H,18,19). The Morgan fingerprint density at radius 1 is 1.37 bits per heavy atom. The molecule has 2 N–H and O–H groups in total. The summed E-state index contributed by atoms with van der Waals surface area (Å²) in [6, 6.07) is 8.14. The smallest absolute Gasteiger partial charge is 0.310 e. The van der Waals surface area contributed by atoms with Gasteiger partial charge in [0, 0.05) is 30.2 Å². The van der Waals surface area contributed by atoms with Crippen LogP contribution in [0.2, 0.25) is 0 Å². The first kappa shape index (κ1) is 13.6. The van der Waals surface area contributed by atoms with E-state index >= 15 is 0 Å². The molecule has 0 atom stereocenters. The molecule has 4 heteroatoms. The Hall–Kier alpha value is -1.81. The number of hydrogen-bond acceptors (Lipinski definition) is 2. The Labute approximate surface area is 113 Å². The maximum atomic E-state index is 11.1. The molecular weight excluding hydrogens is 240 g/mol. The van der Waals surface area contributed by atoms with Crippen molar-refractivity contribution < 1.29 is 9.90 Å². The first-order valence-corrected chi connectivity index (χ1v) is 6.37. The molecule has 1 aromatic carbocycles. The van der Waals surface area contributed by atoms with E-state index in [1.807, 2.05) is 36.3 Å². The Bertz CT molecular complexity index is 587. The number of hydrogen-bond donors (Lipinski definition) is 2. The number of carbonyl (C=O) groups is 1. The fourth-order valence-corrected chi connectivity index (χ4v) is 2.35. The summed E-state index contributed by atoms with van der Waals surface area (Å²) in [7, 11) is 1.95. The van der Waals surface area contributed by atoms with Gasteiger partial charge in [0.2, 0.25) is 0 Å². The normalized spacial score (nSPS) is 12.2. The number of para-hydroxylation sites is 1. The monoisotopic (exact) mass is 260 g/mol. The summed E-state index contributed by atoms with van der Waals surface area (Å²) in [6.07, 6.45) is 1.99. The van der Waals surface area contributed by atoms with Crippen molar-refractivity contribution in [2.24, 2.45) is 5.41 Å². The van der Waals surface area contributed by atoms with Gasteiger partial charge in [-0.05, 0) is 32.5 Å². The highest BCUT2D eigenvalue weighted by Crippen LogP contribution is 2.21. The van der Waals surface area contributed by atoms with Crippen LogP contribution in [-0.4, -0.2) is 34.6 Å². The van der Waals surface area contributed by atoms with Crippen LogP contribution in [0, 0.1) is 5.41 Å². The molecule has 19 heavy (non-hydrogen) atoms. The van der Waals surface area contributed by atoms with E-state index in [9.17, 15) is 4.79 Å². The van der Waals surface area contributed by atoms with Gasteiger partial charge in [-0.1, -0.05) is 18.2 Å². The van der Waals surface area contributed by atoms with Crippen molar-refractivity contribution in [3.8, 4) is 0 Å². The minimum Gasteiger partial charge on any atom is -0.481 e. The van der Waals surface area contributed by atoms with Gasteiger partial charge in [0.25, 0.3) is 0 Å². The zero-order chi connectivity index (χ0) is 14.0. The van der Waals surface area contributed by atoms with Crippen LogP contribution in [0.5, 0.6) is 0 Å². The molecule has 1 aromatic heterocycles. The highest BCUT2D eigenvalue weighted by Gasteiger charge is 2.28. The quantitative estimate of drug-likeness (QED) is 0.869. The van der Waals surface area contributed by atoms with Gasteiger partial charge < -0.3 is 15.0 Å². The fraction of sp³-hybridized carbons (Fsp3) is 0.400. The molecule has 2 aromatic rings. The Morgan fingerprint density at radius 3 is 2.74 bits per heavy atom. The number of carboxylic acid groups (broad SMARTS) is 1. The summed E-state index contributed by atoms with van der Waals surface area (Å²) in [5.74, 6) is -0.765. The van der Waals surface area contributed by atoms with Crippen molar-refractivity contribution in [3.63, 3.8) is 0 Å². The molecule has 0 saturated heterocycles. The molecule has 0 unspecified atom stereocenters. The molecule has 0 aliphatic heterocycles. The zero-order valence-electron chi connectivity index (χ0n) is 11.6. The number of aromatic amines is 1. The van der Waals surface area contributed by atoms with E-state index in [1.54, 1.807) is 13.8 Å². The summed E-state index contributed by atoms with van der Waals surface area (Å²) in [4.78, 5) is 16.4. The summed E-state index contributed by atoms with van der Waals surface area (Å²) in [5, 5.41) is 10.4. The SMILES string of the molecule is CN(Cc1c[nH]c2ccccc12)CC(C)(C)C(=O)O. The first-order valence-electron chi connectivity index (χ1n) is 6.37. The lowest BCUT2D eigenvalue weighted by Crippen LogP contribution is -2.36. The lowest BCUT2D eigenvalue weighted by Gasteiger charge is -2.26. The average Bonchev–Trinajstić information content (AvgIpc) is 2.72. The van der Waals surface area contributed by atoms with Crippen molar-refractivity contribution in [1.82, 2.24) is 9.88 Å². The number of aliphatic carboxylic acids is 1. The molecule has 4 nitrogen and oxygen atoms in total. The molecule has 102 valence electrons. The minimum atomic E-state index is -0.765. The van der Waals surface area contributed by atoms with Crippen LogP contribution in [0.25, 0.3) is 10.9 Å². The van der Waals surface area contributed by atoms with Gasteiger partial charge in [0.05, 0.1) is 5.41 Å². The topological polar surface area (TPSA) is 56.3 Å². The van der Waals surface area contributed by atoms with Crippen LogP contribution in [0.3, 0.4) is 0 Å². The van der Waals surface area contributed by atoms with Crippen molar-refractivity contribution in [2.75, 3.05) is 13.6 Å². The second kappa shape index (κ2) is 5.05. The second-order valence-electron chi connectivity index (χ2n) is 5.72. The molecule has 0 aliphatic carbocycles. The summed E-state index contributed by atoms with van der Waals surface area (Å²) in [5.41, 5.74) is 1.57. The van der Waals surface area contributed by atoms with E-state index in [0.717, 1.165) is 12.1 Å². The van der Waals surface area contributed by atoms with Crippen molar-refractivity contribution >= 4 is 16.9 Å². The van der Waals surface area contributed by atoms with Gasteiger partial charge >= 0.3 is 5.97 Å². The fourth-order valence-electron chi connectivity index (χ4n) is 2.35. The van der Waals surface area contributed by atoms with Gasteiger partial charge in [-0.25, -0.2) is 0 Å². The number of benzene rings is 1. The zero-order valence-corrected chi connectivity index (χ0v) is 11.6. The highest BCUT2D eigenvalue weighted by molar-refractivity contribution is 5.83. The van der Waals surface area contributed by atoms with E-state index < -0.39 is 11.4 Å². The lowest BCUT2D eigenvalue weighted by molar-refractivity contribution is -0.147. The van der Waals surface area contributed by atoms with Gasteiger partial charge in [0.1, 0.15) is 0 Å². The third-order valence-electron chi connectivity index (χ3n) is 3.36. The van der Waals surface area contributed by atoms with Gasteiger partial charge in [0.15, 0.2) is 0 Å². The van der Waals surface area contributed by atoms with Crippen molar-refractivity contribution in [1.29, 1.82) is 0 Å². The van der Waals surface area contributed by atoms with E-state index in [-0.39, 0.29) is 0 Å². The Kier molecular flexibility index (Phi) is 3.62.